The van der Waals surface area contributed by atoms with E-state index in [2.05, 4.69) is 20.8 Å². The summed E-state index contributed by atoms with van der Waals surface area (Å²) in [5.74, 6) is -1.49. The first-order chi connectivity index (χ1) is 18.4. The molecule has 2 unspecified atom stereocenters. The van der Waals surface area contributed by atoms with Gasteiger partial charge in [-0.1, -0.05) is 162 Å². The zero-order chi connectivity index (χ0) is 28.3. The fourth-order valence-corrected chi connectivity index (χ4v) is 6.24. The molecule has 0 aliphatic heterocycles. The summed E-state index contributed by atoms with van der Waals surface area (Å²) in [6.45, 7) is 6.69. The molecule has 0 amide bonds. The number of carbonyl (C=O) groups is 2. The summed E-state index contributed by atoms with van der Waals surface area (Å²) < 4.78 is 0. The Morgan fingerprint density at radius 1 is 0.500 bits per heavy atom. The van der Waals surface area contributed by atoms with Gasteiger partial charge < -0.3 is 10.2 Å². The molecule has 2 atom stereocenters. The van der Waals surface area contributed by atoms with Crippen molar-refractivity contribution in [1.82, 2.24) is 0 Å². The van der Waals surface area contributed by atoms with Crippen LogP contribution in [0.4, 0.5) is 0 Å². The number of hydrogen-bond acceptors (Lipinski definition) is 2. The molecule has 226 valence electrons. The van der Waals surface area contributed by atoms with Crippen LogP contribution < -0.4 is 0 Å². The third kappa shape index (κ3) is 19.1. The van der Waals surface area contributed by atoms with Gasteiger partial charge in [0.15, 0.2) is 0 Å². The minimum Gasteiger partial charge on any atom is -0.481 e. The number of aliphatic carboxylic acids is 2. The Balaban J connectivity index is 5.14. The molecule has 2 N–H and O–H groups in total. The normalized spacial score (nSPS) is 13.9. The SMILES string of the molecule is CCCCCCCCCCCCC(CCCCCCCC)(C(=O)O)C(CCCCCCCC)CCC(=O)O. The number of carboxylic acids is 2. The van der Waals surface area contributed by atoms with E-state index >= 15 is 0 Å². The second-order valence-corrected chi connectivity index (χ2v) is 12.1. The Labute approximate surface area is 237 Å². The van der Waals surface area contributed by atoms with Gasteiger partial charge in [0.05, 0.1) is 5.41 Å². The van der Waals surface area contributed by atoms with Gasteiger partial charge in [-0.15, -0.1) is 0 Å². The third-order valence-corrected chi connectivity index (χ3v) is 8.77. The van der Waals surface area contributed by atoms with E-state index in [4.69, 9.17) is 0 Å². The molecule has 0 saturated carbocycles. The van der Waals surface area contributed by atoms with Crippen molar-refractivity contribution in [3.63, 3.8) is 0 Å². The number of carboxylic acid groups (broad SMARTS) is 2. The minimum absolute atomic E-state index is 0.0310. The average Bonchev–Trinajstić information content (AvgIpc) is 2.89. The van der Waals surface area contributed by atoms with Gasteiger partial charge in [-0.3, -0.25) is 9.59 Å². The lowest BCUT2D eigenvalue weighted by Gasteiger charge is -2.38. The van der Waals surface area contributed by atoms with Gasteiger partial charge >= 0.3 is 11.9 Å². The predicted molar refractivity (Wildman–Crippen MR) is 163 cm³/mol. The molecule has 0 aliphatic rings. The topological polar surface area (TPSA) is 74.6 Å². The summed E-state index contributed by atoms with van der Waals surface area (Å²) in [6, 6.07) is 0. The molecule has 4 heteroatoms. The van der Waals surface area contributed by atoms with Crippen LogP contribution in [-0.4, -0.2) is 22.2 Å². The molecule has 0 fully saturated rings. The summed E-state index contributed by atoms with van der Waals surface area (Å²) >= 11 is 0. The highest BCUT2D eigenvalue weighted by atomic mass is 16.4. The number of hydrogen-bond donors (Lipinski definition) is 2. The third-order valence-electron chi connectivity index (χ3n) is 8.77. The summed E-state index contributed by atoms with van der Waals surface area (Å²) in [5.41, 5.74) is -0.760. The minimum atomic E-state index is -0.796. The predicted octanol–water partition coefficient (Wildman–Crippen LogP) is 11.4. The van der Waals surface area contributed by atoms with E-state index in [1.807, 2.05) is 0 Å². The largest absolute Gasteiger partial charge is 0.481 e. The quantitative estimate of drug-likeness (QED) is 0.0892. The van der Waals surface area contributed by atoms with Gasteiger partial charge in [0.1, 0.15) is 0 Å². The fraction of sp³-hybridized carbons (Fsp3) is 0.941. The van der Waals surface area contributed by atoms with Crippen LogP contribution in [0.3, 0.4) is 0 Å². The zero-order valence-electron chi connectivity index (χ0n) is 25.9. The highest BCUT2D eigenvalue weighted by molar-refractivity contribution is 5.75. The Morgan fingerprint density at radius 3 is 1.18 bits per heavy atom. The Bertz CT molecular complexity index is 547. The molecule has 0 rings (SSSR count). The molecule has 0 saturated heterocycles. The zero-order valence-corrected chi connectivity index (χ0v) is 25.9. The number of unbranched alkanes of at least 4 members (excludes halogenated alkanes) is 19. The molecule has 0 aromatic heterocycles. The first-order valence-electron chi connectivity index (χ1n) is 16.9. The van der Waals surface area contributed by atoms with E-state index in [0.29, 0.717) is 19.3 Å². The lowest BCUT2D eigenvalue weighted by Crippen LogP contribution is -2.39. The van der Waals surface area contributed by atoms with E-state index < -0.39 is 17.4 Å². The smallest absolute Gasteiger partial charge is 0.309 e. The van der Waals surface area contributed by atoms with Crippen LogP contribution in [0.2, 0.25) is 0 Å². The van der Waals surface area contributed by atoms with Crippen LogP contribution in [0.25, 0.3) is 0 Å². The van der Waals surface area contributed by atoms with Gasteiger partial charge in [-0.05, 0) is 31.6 Å². The second kappa shape index (κ2) is 26.2. The van der Waals surface area contributed by atoms with Crippen molar-refractivity contribution in [2.24, 2.45) is 11.3 Å². The molecular weight excluding hydrogens is 472 g/mol. The van der Waals surface area contributed by atoms with Gasteiger partial charge in [-0.2, -0.15) is 0 Å². The highest BCUT2D eigenvalue weighted by Gasteiger charge is 2.44. The van der Waals surface area contributed by atoms with Crippen molar-refractivity contribution in [2.45, 2.75) is 194 Å². The highest BCUT2D eigenvalue weighted by Crippen LogP contribution is 2.44. The van der Waals surface area contributed by atoms with Crippen molar-refractivity contribution in [1.29, 1.82) is 0 Å². The van der Waals surface area contributed by atoms with Crippen molar-refractivity contribution in [3.8, 4) is 0 Å². The van der Waals surface area contributed by atoms with Crippen molar-refractivity contribution in [2.75, 3.05) is 0 Å². The van der Waals surface area contributed by atoms with E-state index in [1.54, 1.807) is 0 Å². The molecule has 0 aliphatic carbocycles. The van der Waals surface area contributed by atoms with Gasteiger partial charge in [-0.25, -0.2) is 0 Å². The molecule has 0 bridgehead atoms. The maximum absolute atomic E-state index is 13.0. The molecular formula is C34H66O4. The second-order valence-electron chi connectivity index (χ2n) is 12.1. The molecule has 0 aromatic rings. The fourth-order valence-electron chi connectivity index (χ4n) is 6.24. The van der Waals surface area contributed by atoms with Crippen molar-refractivity contribution in [3.05, 3.63) is 0 Å². The van der Waals surface area contributed by atoms with Gasteiger partial charge in [0, 0.05) is 6.42 Å². The van der Waals surface area contributed by atoms with Gasteiger partial charge in [0.25, 0.3) is 0 Å². The van der Waals surface area contributed by atoms with Gasteiger partial charge in [0.2, 0.25) is 0 Å². The van der Waals surface area contributed by atoms with Crippen LogP contribution in [0.5, 0.6) is 0 Å². The molecule has 0 radical (unpaired) electrons. The van der Waals surface area contributed by atoms with Crippen LogP contribution in [0, 0.1) is 11.3 Å². The lowest BCUT2D eigenvalue weighted by atomic mass is 9.65. The summed E-state index contributed by atoms with van der Waals surface area (Å²) in [5, 5.41) is 20.1. The van der Waals surface area contributed by atoms with E-state index in [-0.39, 0.29) is 12.3 Å². The molecule has 0 spiro atoms. The molecule has 0 heterocycles. The first-order valence-corrected chi connectivity index (χ1v) is 16.9. The van der Waals surface area contributed by atoms with Crippen LogP contribution in [-0.2, 0) is 9.59 Å². The standard InChI is InChI=1S/C34H66O4/c1-4-7-10-13-16-17-18-19-22-25-30-34(33(37)38,29-24-21-15-12-9-6-3)31(27-28-32(35)36)26-23-20-14-11-8-5-2/h31H,4-30H2,1-3H3,(H,35,36)(H,37,38). The average molecular weight is 539 g/mol. The van der Waals surface area contributed by atoms with E-state index in [9.17, 15) is 19.8 Å². The van der Waals surface area contributed by atoms with Crippen LogP contribution in [0.1, 0.15) is 194 Å². The van der Waals surface area contributed by atoms with Crippen LogP contribution in [0.15, 0.2) is 0 Å². The van der Waals surface area contributed by atoms with Crippen LogP contribution >= 0.6 is 0 Å². The summed E-state index contributed by atoms with van der Waals surface area (Å²) in [6.07, 6.45) is 29.4. The Morgan fingerprint density at radius 2 is 0.842 bits per heavy atom. The monoisotopic (exact) mass is 538 g/mol. The molecule has 0 aromatic carbocycles. The van der Waals surface area contributed by atoms with Crippen molar-refractivity contribution >= 4 is 11.9 Å². The Hall–Kier alpha value is -1.06. The van der Waals surface area contributed by atoms with E-state index in [1.165, 1.54) is 103 Å². The van der Waals surface area contributed by atoms with Crippen molar-refractivity contribution < 1.29 is 19.8 Å². The van der Waals surface area contributed by atoms with E-state index in [0.717, 1.165) is 44.9 Å². The Kier molecular flexibility index (Phi) is 25.4. The summed E-state index contributed by atoms with van der Waals surface area (Å²) in [4.78, 5) is 24.5. The maximum atomic E-state index is 13.0. The summed E-state index contributed by atoms with van der Waals surface area (Å²) in [7, 11) is 0. The lowest BCUT2D eigenvalue weighted by molar-refractivity contribution is -0.156. The molecule has 38 heavy (non-hydrogen) atoms. The molecule has 4 nitrogen and oxygen atoms in total. The maximum Gasteiger partial charge on any atom is 0.309 e. The first kappa shape index (κ1) is 36.9. The number of rotatable bonds is 30.